The molecule has 0 aromatic carbocycles. The van der Waals surface area contributed by atoms with Crippen LogP contribution in [-0.4, -0.2) is 21.6 Å². The van der Waals surface area contributed by atoms with Crippen LogP contribution in [0.4, 0.5) is 5.95 Å². The van der Waals surface area contributed by atoms with Gasteiger partial charge >= 0.3 is 0 Å². The lowest BCUT2D eigenvalue weighted by Gasteiger charge is -2.14. The van der Waals surface area contributed by atoms with Crippen LogP contribution in [0.3, 0.4) is 0 Å². The van der Waals surface area contributed by atoms with Gasteiger partial charge in [-0.1, -0.05) is 13.3 Å². The van der Waals surface area contributed by atoms with E-state index in [-0.39, 0.29) is 12.1 Å². The van der Waals surface area contributed by atoms with E-state index in [1.165, 1.54) is 6.33 Å². The molecule has 1 unspecified atom stereocenters. The summed E-state index contributed by atoms with van der Waals surface area (Å²) in [7, 11) is 0. The third kappa shape index (κ3) is 2.92. The van der Waals surface area contributed by atoms with Crippen molar-refractivity contribution >= 4 is 5.95 Å². The number of nitrogens with zero attached hydrogens (tertiary/aromatic N) is 3. The Bertz CT molecular complexity index is 273. The summed E-state index contributed by atoms with van der Waals surface area (Å²) < 4.78 is 5.52. The second-order valence-electron chi connectivity index (χ2n) is 2.93. The van der Waals surface area contributed by atoms with Gasteiger partial charge < -0.3 is 10.5 Å². The summed E-state index contributed by atoms with van der Waals surface area (Å²) in [6.07, 6.45) is 3.28. The van der Waals surface area contributed by atoms with Crippen LogP contribution in [0, 0.1) is 0 Å². The number of rotatable bonds is 5. The predicted molar refractivity (Wildman–Crippen MR) is 53.5 cm³/mol. The number of ether oxygens (including phenoxy) is 1. The lowest BCUT2D eigenvalue weighted by Crippen LogP contribution is -2.10. The average Bonchev–Trinajstić information content (AvgIpc) is 2.17. The lowest BCUT2D eigenvalue weighted by atomic mass is 10.2. The second-order valence-corrected chi connectivity index (χ2v) is 2.93. The van der Waals surface area contributed by atoms with Crippen molar-refractivity contribution in [3.05, 3.63) is 12.2 Å². The fourth-order valence-corrected chi connectivity index (χ4v) is 1.23. The van der Waals surface area contributed by atoms with Crippen molar-refractivity contribution in [2.75, 3.05) is 12.3 Å². The molecule has 1 heterocycles. The average molecular weight is 196 g/mol. The van der Waals surface area contributed by atoms with Crippen LogP contribution in [0.15, 0.2) is 6.33 Å². The molecule has 5 nitrogen and oxygen atoms in total. The Morgan fingerprint density at radius 2 is 2.21 bits per heavy atom. The first-order chi connectivity index (χ1) is 6.77. The third-order valence-corrected chi connectivity index (χ3v) is 1.82. The first-order valence-corrected chi connectivity index (χ1v) is 4.84. The highest BCUT2D eigenvalue weighted by Gasteiger charge is 2.13. The first kappa shape index (κ1) is 10.8. The monoisotopic (exact) mass is 196 g/mol. The zero-order valence-electron chi connectivity index (χ0n) is 8.60. The van der Waals surface area contributed by atoms with Crippen molar-refractivity contribution in [2.45, 2.75) is 32.8 Å². The number of aromatic nitrogens is 3. The number of hydrogen-bond acceptors (Lipinski definition) is 5. The molecule has 0 spiro atoms. The Labute approximate surface area is 83.7 Å². The quantitative estimate of drug-likeness (QED) is 0.769. The normalized spacial score (nSPS) is 12.7. The van der Waals surface area contributed by atoms with E-state index in [1.807, 2.05) is 6.92 Å². The molecule has 2 N–H and O–H groups in total. The molecule has 0 radical (unpaired) electrons. The molecule has 0 aliphatic rings. The van der Waals surface area contributed by atoms with Crippen molar-refractivity contribution in [3.8, 4) is 0 Å². The molecule has 0 aliphatic carbocycles. The number of hydrogen-bond donors (Lipinski definition) is 1. The maximum absolute atomic E-state index is 5.52. The summed E-state index contributed by atoms with van der Waals surface area (Å²) in [6.45, 7) is 4.69. The molecule has 0 bridgehead atoms. The minimum atomic E-state index is -0.0599. The maximum atomic E-state index is 5.52. The van der Waals surface area contributed by atoms with Gasteiger partial charge in [-0.25, -0.2) is 9.97 Å². The van der Waals surface area contributed by atoms with Gasteiger partial charge in [-0.15, -0.1) is 0 Å². The van der Waals surface area contributed by atoms with E-state index in [4.69, 9.17) is 10.5 Å². The highest BCUT2D eigenvalue weighted by atomic mass is 16.5. The van der Waals surface area contributed by atoms with Crippen molar-refractivity contribution in [1.82, 2.24) is 15.0 Å². The molecule has 14 heavy (non-hydrogen) atoms. The van der Waals surface area contributed by atoms with Crippen molar-refractivity contribution < 1.29 is 4.74 Å². The third-order valence-electron chi connectivity index (χ3n) is 1.82. The van der Waals surface area contributed by atoms with Gasteiger partial charge in [0.05, 0.1) is 0 Å². The molecule has 1 aromatic rings. The Morgan fingerprint density at radius 3 is 2.79 bits per heavy atom. The van der Waals surface area contributed by atoms with Gasteiger partial charge in [0.1, 0.15) is 12.4 Å². The van der Waals surface area contributed by atoms with Gasteiger partial charge in [-0.2, -0.15) is 4.98 Å². The van der Waals surface area contributed by atoms with Crippen LogP contribution < -0.4 is 5.73 Å². The predicted octanol–water partition coefficient (Wildman–Crippen LogP) is 1.33. The van der Waals surface area contributed by atoms with Crippen LogP contribution in [0.2, 0.25) is 0 Å². The SMILES string of the molecule is CCCC(OCC)c1ncnc(N)n1. The van der Waals surface area contributed by atoms with E-state index in [2.05, 4.69) is 21.9 Å². The molecule has 0 saturated heterocycles. The highest BCUT2D eigenvalue weighted by molar-refractivity contribution is 5.13. The Balaban J connectivity index is 2.75. The van der Waals surface area contributed by atoms with Gasteiger partial charge in [0.25, 0.3) is 0 Å². The molecular formula is C9H16N4O. The summed E-state index contributed by atoms with van der Waals surface area (Å²) in [5.41, 5.74) is 5.47. The van der Waals surface area contributed by atoms with Crippen molar-refractivity contribution in [3.63, 3.8) is 0 Å². The molecule has 1 aromatic heterocycles. The van der Waals surface area contributed by atoms with Gasteiger partial charge in [0.2, 0.25) is 5.95 Å². The van der Waals surface area contributed by atoms with Crippen molar-refractivity contribution in [2.24, 2.45) is 0 Å². The van der Waals surface area contributed by atoms with E-state index in [0.29, 0.717) is 12.4 Å². The summed E-state index contributed by atoms with van der Waals surface area (Å²) in [4.78, 5) is 11.8. The molecule has 0 saturated carbocycles. The minimum absolute atomic E-state index is 0.0599. The Kier molecular flexibility index (Phi) is 4.25. The Hall–Kier alpha value is -1.23. The molecule has 5 heteroatoms. The summed E-state index contributed by atoms with van der Waals surface area (Å²) in [5.74, 6) is 0.872. The van der Waals surface area contributed by atoms with Crippen LogP contribution in [0.25, 0.3) is 0 Å². The van der Waals surface area contributed by atoms with Crippen LogP contribution in [0.1, 0.15) is 38.6 Å². The van der Waals surface area contributed by atoms with Crippen LogP contribution in [0.5, 0.6) is 0 Å². The topological polar surface area (TPSA) is 73.9 Å². The first-order valence-electron chi connectivity index (χ1n) is 4.84. The van der Waals surface area contributed by atoms with Crippen LogP contribution >= 0.6 is 0 Å². The summed E-state index contributed by atoms with van der Waals surface area (Å²) >= 11 is 0. The minimum Gasteiger partial charge on any atom is -0.371 e. The van der Waals surface area contributed by atoms with Crippen LogP contribution in [-0.2, 0) is 4.74 Å². The molecule has 1 rings (SSSR count). The zero-order valence-corrected chi connectivity index (χ0v) is 8.60. The Morgan fingerprint density at radius 1 is 1.43 bits per heavy atom. The number of anilines is 1. The fraction of sp³-hybridized carbons (Fsp3) is 0.667. The zero-order chi connectivity index (χ0) is 10.4. The van der Waals surface area contributed by atoms with Gasteiger partial charge in [-0.3, -0.25) is 0 Å². The second kappa shape index (κ2) is 5.49. The number of nitrogens with two attached hydrogens (primary N) is 1. The fourth-order valence-electron chi connectivity index (χ4n) is 1.23. The molecule has 0 aliphatic heterocycles. The van der Waals surface area contributed by atoms with E-state index in [0.717, 1.165) is 12.8 Å². The lowest BCUT2D eigenvalue weighted by molar-refractivity contribution is 0.0493. The van der Waals surface area contributed by atoms with Crippen molar-refractivity contribution in [1.29, 1.82) is 0 Å². The molecule has 0 amide bonds. The number of nitrogen functional groups attached to an aromatic ring is 1. The summed E-state index contributed by atoms with van der Waals surface area (Å²) in [6, 6.07) is 0. The van der Waals surface area contributed by atoms with E-state index in [1.54, 1.807) is 0 Å². The molecule has 1 atom stereocenters. The van der Waals surface area contributed by atoms with E-state index in [9.17, 15) is 0 Å². The largest absolute Gasteiger partial charge is 0.371 e. The van der Waals surface area contributed by atoms with Gasteiger partial charge in [0, 0.05) is 6.61 Å². The highest BCUT2D eigenvalue weighted by Crippen LogP contribution is 2.18. The van der Waals surface area contributed by atoms with Gasteiger partial charge in [0.15, 0.2) is 5.82 Å². The smallest absolute Gasteiger partial charge is 0.223 e. The maximum Gasteiger partial charge on any atom is 0.223 e. The van der Waals surface area contributed by atoms with Gasteiger partial charge in [-0.05, 0) is 13.3 Å². The standard InChI is InChI=1S/C9H16N4O/c1-3-5-7(14-4-2)8-11-6-12-9(10)13-8/h6-7H,3-5H2,1-2H3,(H2,10,11,12,13). The molecule has 78 valence electrons. The summed E-state index contributed by atoms with van der Waals surface area (Å²) in [5, 5.41) is 0. The molecular weight excluding hydrogens is 180 g/mol. The molecule has 0 fully saturated rings. The van der Waals surface area contributed by atoms with E-state index >= 15 is 0 Å². The van der Waals surface area contributed by atoms with E-state index < -0.39 is 0 Å².